The Kier molecular flexibility index (Phi) is 7.05. The summed E-state index contributed by atoms with van der Waals surface area (Å²) in [5, 5.41) is 9.07. The molecule has 0 bridgehead atoms. The van der Waals surface area contributed by atoms with Crippen molar-refractivity contribution in [2.24, 2.45) is 10.1 Å². The number of benzene rings is 3. The summed E-state index contributed by atoms with van der Waals surface area (Å²) in [6, 6.07) is 21.4. The molecule has 2 atom stereocenters. The first-order valence-electron chi connectivity index (χ1n) is 11.8. The van der Waals surface area contributed by atoms with Crippen molar-refractivity contribution in [3.63, 3.8) is 0 Å². The van der Waals surface area contributed by atoms with Gasteiger partial charge in [-0.3, -0.25) is 9.59 Å². The van der Waals surface area contributed by atoms with E-state index in [1.165, 1.54) is 30.0 Å². The van der Waals surface area contributed by atoms with Crippen LogP contribution in [0.25, 0.3) is 0 Å². The highest BCUT2D eigenvalue weighted by Gasteiger charge is 2.39. The molecule has 2 aliphatic rings. The van der Waals surface area contributed by atoms with Crippen LogP contribution in [0.5, 0.6) is 5.75 Å². The number of hydrazone groups is 1. The Balaban J connectivity index is 1.35. The minimum Gasteiger partial charge on any atom is -0.497 e. The predicted octanol–water partition coefficient (Wildman–Crippen LogP) is 5.32. The van der Waals surface area contributed by atoms with Crippen LogP contribution in [0.15, 0.2) is 82.9 Å². The fourth-order valence-corrected chi connectivity index (χ4v) is 5.31. The van der Waals surface area contributed by atoms with Crippen molar-refractivity contribution in [2.45, 2.75) is 31.1 Å². The Labute approximate surface area is 218 Å². The SMILES string of the molecule is COc1ccc([C@@H]2CC(c3ccc(C)cc3)=NN2C2=NC(=O)[C@H](CC(=O)Nc3cccc(F)c3)S2)cc1. The van der Waals surface area contributed by atoms with E-state index in [1.54, 1.807) is 18.2 Å². The van der Waals surface area contributed by atoms with Crippen molar-refractivity contribution in [1.29, 1.82) is 0 Å². The highest BCUT2D eigenvalue weighted by atomic mass is 32.2. The number of carbonyl (C=O) groups is 2. The van der Waals surface area contributed by atoms with Crippen molar-refractivity contribution in [3.8, 4) is 5.75 Å². The predicted molar refractivity (Wildman–Crippen MR) is 143 cm³/mol. The Morgan fingerprint density at radius 1 is 1.14 bits per heavy atom. The van der Waals surface area contributed by atoms with E-state index in [2.05, 4.69) is 10.3 Å². The van der Waals surface area contributed by atoms with Crippen LogP contribution >= 0.6 is 11.8 Å². The van der Waals surface area contributed by atoms with Gasteiger partial charge in [-0.2, -0.15) is 10.1 Å². The number of aryl methyl sites for hydroxylation is 1. The summed E-state index contributed by atoms with van der Waals surface area (Å²) in [4.78, 5) is 29.6. The summed E-state index contributed by atoms with van der Waals surface area (Å²) in [7, 11) is 1.62. The van der Waals surface area contributed by atoms with Crippen molar-refractivity contribution in [1.82, 2.24) is 5.01 Å². The molecule has 188 valence electrons. The summed E-state index contributed by atoms with van der Waals surface area (Å²) in [6.07, 6.45) is 0.552. The summed E-state index contributed by atoms with van der Waals surface area (Å²) < 4.78 is 18.7. The van der Waals surface area contributed by atoms with Crippen LogP contribution in [0.1, 0.15) is 35.6 Å². The van der Waals surface area contributed by atoms with Crippen LogP contribution in [-0.4, -0.2) is 40.1 Å². The number of anilines is 1. The van der Waals surface area contributed by atoms with Crippen molar-refractivity contribution in [2.75, 3.05) is 12.4 Å². The molecule has 3 aromatic carbocycles. The average molecular weight is 517 g/mol. The summed E-state index contributed by atoms with van der Waals surface area (Å²) in [6.45, 7) is 2.03. The molecule has 0 unspecified atom stereocenters. The monoisotopic (exact) mass is 516 g/mol. The lowest BCUT2D eigenvalue weighted by atomic mass is 9.98. The molecule has 0 spiro atoms. The number of halogens is 1. The van der Waals surface area contributed by atoms with Gasteiger partial charge in [0.1, 0.15) is 16.8 Å². The number of amidine groups is 1. The van der Waals surface area contributed by atoms with Gasteiger partial charge in [0.25, 0.3) is 5.91 Å². The zero-order valence-corrected chi connectivity index (χ0v) is 21.2. The zero-order valence-electron chi connectivity index (χ0n) is 20.3. The van der Waals surface area contributed by atoms with Crippen LogP contribution < -0.4 is 10.1 Å². The minimum atomic E-state index is -0.682. The third-order valence-electron chi connectivity index (χ3n) is 6.20. The third-order valence-corrected chi connectivity index (χ3v) is 7.34. The molecule has 1 N–H and O–H groups in total. The van der Waals surface area contributed by atoms with E-state index in [0.29, 0.717) is 17.3 Å². The average Bonchev–Trinajstić information content (AvgIpc) is 3.48. The Hall–Kier alpha value is -3.98. The van der Waals surface area contributed by atoms with Gasteiger partial charge in [0.2, 0.25) is 5.91 Å². The largest absolute Gasteiger partial charge is 0.497 e. The van der Waals surface area contributed by atoms with Gasteiger partial charge in [-0.15, -0.1) is 0 Å². The van der Waals surface area contributed by atoms with Gasteiger partial charge in [0, 0.05) is 18.5 Å². The molecule has 9 heteroatoms. The molecule has 3 aromatic rings. The van der Waals surface area contributed by atoms with E-state index in [-0.39, 0.29) is 24.3 Å². The van der Waals surface area contributed by atoms with Crippen LogP contribution in [-0.2, 0) is 9.59 Å². The lowest BCUT2D eigenvalue weighted by molar-refractivity contribution is -0.121. The number of hydrogen-bond acceptors (Lipinski definition) is 6. The molecule has 0 saturated carbocycles. The number of methoxy groups -OCH3 is 1. The number of hydrogen-bond donors (Lipinski definition) is 1. The smallest absolute Gasteiger partial charge is 0.262 e. The van der Waals surface area contributed by atoms with E-state index in [4.69, 9.17) is 9.84 Å². The van der Waals surface area contributed by atoms with Gasteiger partial charge in [0.05, 0.1) is 18.9 Å². The number of aliphatic imine (C=N–C) groups is 1. The molecule has 0 fully saturated rings. The van der Waals surface area contributed by atoms with Crippen LogP contribution in [0, 0.1) is 12.7 Å². The van der Waals surface area contributed by atoms with Gasteiger partial charge < -0.3 is 10.1 Å². The maximum Gasteiger partial charge on any atom is 0.262 e. The molecule has 0 saturated heterocycles. The molecule has 7 nitrogen and oxygen atoms in total. The van der Waals surface area contributed by atoms with Gasteiger partial charge in [-0.1, -0.05) is 59.8 Å². The van der Waals surface area contributed by atoms with E-state index >= 15 is 0 Å². The molecular formula is C28H25FN4O3S. The van der Waals surface area contributed by atoms with Crippen LogP contribution in [0.2, 0.25) is 0 Å². The first-order valence-corrected chi connectivity index (χ1v) is 12.7. The first-order chi connectivity index (χ1) is 17.9. The molecule has 0 radical (unpaired) electrons. The number of amides is 2. The van der Waals surface area contributed by atoms with Crippen molar-refractivity contribution in [3.05, 3.63) is 95.3 Å². The van der Waals surface area contributed by atoms with Crippen molar-refractivity contribution >= 4 is 40.1 Å². The Morgan fingerprint density at radius 2 is 1.89 bits per heavy atom. The highest BCUT2D eigenvalue weighted by Crippen LogP contribution is 2.39. The fraction of sp³-hybridized carbons (Fsp3) is 0.214. The lowest BCUT2D eigenvalue weighted by Gasteiger charge is -2.23. The maximum atomic E-state index is 13.4. The van der Waals surface area contributed by atoms with E-state index < -0.39 is 11.1 Å². The summed E-state index contributed by atoms with van der Waals surface area (Å²) in [5.74, 6) is -0.470. The van der Waals surface area contributed by atoms with Crippen LogP contribution in [0.4, 0.5) is 10.1 Å². The molecule has 0 aliphatic carbocycles. The standard InChI is InChI=1S/C28H25FN4O3S/c1-17-6-8-18(9-7-17)23-15-24(19-10-12-22(36-2)13-11-19)33(32-23)28-31-27(35)25(37-28)16-26(34)30-21-5-3-4-20(29)14-21/h3-14,24-25H,15-16H2,1-2H3,(H,30,34)/t24-,25-/m0/s1. The third kappa shape index (κ3) is 5.56. The minimum absolute atomic E-state index is 0.0808. The number of carbonyl (C=O) groups excluding carboxylic acids is 2. The summed E-state index contributed by atoms with van der Waals surface area (Å²) in [5.41, 5.74) is 4.41. The van der Waals surface area contributed by atoms with Crippen LogP contribution in [0.3, 0.4) is 0 Å². The molecule has 2 aliphatic heterocycles. The van der Waals surface area contributed by atoms with Crippen molar-refractivity contribution < 1.29 is 18.7 Å². The highest BCUT2D eigenvalue weighted by molar-refractivity contribution is 8.15. The zero-order chi connectivity index (χ0) is 25.9. The molecule has 0 aromatic heterocycles. The molecule has 5 rings (SSSR count). The molecule has 2 heterocycles. The number of ether oxygens (including phenoxy) is 1. The molecule has 37 heavy (non-hydrogen) atoms. The van der Waals surface area contributed by atoms with Gasteiger partial charge >= 0.3 is 0 Å². The van der Waals surface area contributed by atoms with E-state index in [0.717, 1.165) is 28.2 Å². The van der Waals surface area contributed by atoms with Gasteiger partial charge in [-0.05, 0) is 48.4 Å². The Morgan fingerprint density at radius 3 is 2.59 bits per heavy atom. The normalized spacial score (nSPS) is 19.0. The van der Waals surface area contributed by atoms with E-state index in [1.807, 2.05) is 55.5 Å². The topological polar surface area (TPSA) is 83.4 Å². The second-order valence-electron chi connectivity index (χ2n) is 8.85. The lowest BCUT2D eigenvalue weighted by Crippen LogP contribution is -2.25. The number of rotatable bonds is 6. The second-order valence-corrected chi connectivity index (χ2v) is 10.0. The van der Waals surface area contributed by atoms with Gasteiger partial charge in [0.15, 0.2) is 5.17 Å². The molecular weight excluding hydrogens is 491 g/mol. The first kappa shape index (κ1) is 24.7. The van der Waals surface area contributed by atoms with E-state index in [9.17, 15) is 14.0 Å². The quantitative estimate of drug-likeness (QED) is 0.480. The van der Waals surface area contributed by atoms with Gasteiger partial charge in [-0.25, -0.2) is 9.40 Å². The number of thioether (sulfide) groups is 1. The second kappa shape index (κ2) is 10.6. The number of nitrogens with one attached hydrogen (secondary N) is 1. The number of nitrogens with zero attached hydrogens (tertiary/aromatic N) is 3. The Bertz CT molecular complexity index is 1390. The fourth-order valence-electron chi connectivity index (χ4n) is 4.24. The maximum absolute atomic E-state index is 13.4. The molecule has 2 amide bonds. The summed E-state index contributed by atoms with van der Waals surface area (Å²) >= 11 is 1.22.